The van der Waals surface area contributed by atoms with E-state index in [2.05, 4.69) is 25.6 Å². The topological polar surface area (TPSA) is 96.6 Å². The molecule has 1 saturated heterocycles. The minimum absolute atomic E-state index is 0.0171. The number of ether oxygens (including phenoxy) is 1. The van der Waals surface area contributed by atoms with Crippen LogP contribution in [0, 0.1) is 12.3 Å². The fourth-order valence-electron chi connectivity index (χ4n) is 3.37. The quantitative estimate of drug-likeness (QED) is 0.469. The third-order valence-electron chi connectivity index (χ3n) is 5.10. The van der Waals surface area contributed by atoms with E-state index < -0.39 is 0 Å². The van der Waals surface area contributed by atoms with Crippen molar-refractivity contribution in [1.82, 2.24) is 25.2 Å². The number of aryl methyl sites for hydroxylation is 1. The Morgan fingerprint density at radius 1 is 1.36 bits per heavy atom. The van der Waals surface area contributed by atoms with Gasteiger partial charge in [-0.05, 0) is 38.3 Å². The molecule has 0 spiro atoms. The van der Waals surface area contributed by atoms with Crippen LogP contribution in [0.1, 0.15) is 31.2 Å². The number of hydrogen-bond acceptors (Lipinski definition) is 5. The molecule has 2 aromatic rings. The lowest BCUT2D eigenvalue weighted by Crippen LogP contribution is -2.44. The first-order valence-electron chi connectivity index (χ1n) is 9.82. The molecule has 0 bridgehead atoms. The minimum Gasteiger partial charge on any atom is -0.396 e. The fourth-order valence-corrected chi connectivity index (χ4v) is 3.37. The average molecular weight is 387 g/mol. The molecule has 3 rings (SSSR count). The molecule has 1 fully saturated rings. The lowest BCUT2D eigenvalue weighted by molar-refractivity contribution is 0.127. The molecule has 1 atom stereocenters. The van der Waals surface area contributed by atoms with Crippen LogP contribution in [0.25, 0.3) is 5.82 Å². The molecule has 8 nitrogen and oxygen atoms in total. The largest absolute Gasteiger partial charge is 0.396 e. The van der Waals surface area contributed by atoms with E-state index in [1.807, 2.05) is 42.9 Å². The van der Waals surface area contributed by atoms with E-state index in [9.17, 15) is 5.11 Å². The molecule has 1 unspecified atom stereocenters. The molecule has 3 N–H and O–H groups in total. The Hall–Kier alpha value is -2.45. The number of nitrogens with zero attached hydrogens (tertiary/aromatic N) is 4. The van der Waals surface area contributed by atoms with Crippen molar-refractivity contribution in [2.75, 3.05) is 32.9 Å². The van der Waals surface area contributed by atoms with Crippen molar-refractivity contribution in [2.45, 2.75) is 33.2 Å². The molecule has 8 heteroatoms. The number of aromatic nitrogens is 3. The highest BCUT2D eigenvalue weighted by Crippen LogP contribution is 2.31. The van der Waals surface area contributed by atoms with E-state index in [4.69, 9.17) is 4.74 Å². The second-order valence-electron chi connectivity index (χ2n) is 7.19. The molecule has 0 saturated carbocycles. The van der Waals surface area contributed by atoms with Gasteiger partial charge in [-0.25, -0.2) is 15.0 Å². The zero-order chi connectivity index (χ0) is 19.8. The number of rotatable bonds is 8. The molecule has 0 aliphatic carbocycles. The van der Waals surface area contributed by atoms with Gasteiger partial charge in [-0.15, -0.1) is 0 Å². The van der Waals surface area contributed by atoms with E-state index in [0.29, 0.717) is 13.2 Å². The smallest absolute Gasteiger partial charge is 0.191 e. The first kappa shape index (κ1) is 20.3. The number of aliphatic hydroxyl groups excluding tert-OH is 1. The standard InChI is InChI=1S/C20H30N6O2/c1-3-21-19(25-14-20(6-10-27)7-11-28-15-20)24-13-17-4-5-18(23-12-17)26-9-8-22-16(26)2/h4-5,8-9,12,27H,3,6-7,10-11,13-15H2,1-2H3,(H2,21,24,25). The van der Waals surface area contributed by atoms with Crippen LogP contribution in [0.2, 0.25) is 0 Å². The molecular weight excluding hydrogens is 356 g/mol. The first-order chi connectivity index (χ1) is 13.7. The average Bonchev–Trinajstić information content (AvgIpc) is 3.34. The van der Waals surface area contributed by atoms with E-state index in [1.54, 1.807) is 6.20 Å². The number of imidazole rings is 1. The second kappa shape index (κ2) is 9.66. The van der Waals surface area contributed by atoms with Gasteiger partial charge >= 0.3 is 0 Å². The van der Waals surface area contributed by atoms with Crippen molar-refractivity contribution in [3.05, 3.63) is 42.1 Å². The maximum atomic E-state index is 9.38. The lowest BCUT2D eigenvalue weighted by Gasteiger charge is -2.27. The van der Waals surface area contributed by atoms with Gasteiger partial charge in [0.25, 0.3) is 0 Å². The Balaban J connectivity index is 1.61. The number of pyridine rings is 1. The third-order valence-corrected chi connectivity index (χ3v) is 5.10. The highest BCUT2D eigenvalue weighted by atomic mass is 16.5. The van der Waals surface area contributed by atoms with Crippen LogP contribution in [-0.4, -0.2) is 58.5 Å². The van der Waals surface area contributed by atoms with E-state index in [-0.39, 0.29) is 12.0 Å². The number of hydrogen-bond donors (Lipinski definition) is 3. The van der Waals surface area contributed by atoms with Gasteiger partial charge in [-0.2, -0.15) is 0 Å². The van der Waals surface area contributed by atoms with Gasteiger partial charge in [0.05, 0.1) is 13.2 Å². The van der Waals surface area contributed by atoms with E-state index in [1.165, 1.54) is 0 Å². The summed E-state index contributed by atoms with van der Waals surface area (Å²) in [5.41, 5.74) is 1.02. The molecule has 28 heavy (non-hydrogen) atoms. The normalized spacial score (nSPS) is 19.8. The lowest BCUT2D eigenvalue weighted by atomic mass is 9.84. The minimum atomic E-state index is -0.0171. The molecular formula is C20H30N6O2. The molecule has 2 aromatic heterocycles. The van der Waals surface area contributed by atoms with Crippen molar-refractivity contribution < 1.29 is 9.84 Å². The molecule has 1 aliphatic rings. The van der Waals surface area contributed by atoms with Gasteiger partial charge in [0.15, 0.2) is 5.96 Å². The summed E-state index contributed by atoms with van der Waals surface area (Å²) in [6, 6.07) is 4.01. The Kier molecular flexibility index (Phi) is 7.00. The van der Waals surface area contributed by atoms with Gasteiger partial charge in [-0.3, -0.25) is 4.57 Å². The Morgan fingerprint density at radius 3 is 2.86 bits per heavy atom. The maximum Gasteiger partial charge on any atom is 0.191 e. The summed E-state index contributed by atoms with van der Waals surface area (Å²) < 4.78 is 7.51. The van der Waals surface area contributed by atoms with Crippen LogP contribution in [0.15, 0.2) is 35.7 Å². The van der Waals surface area contributed by atoms with Crippen LogP contribution in [0.3, 0.4) is 0 Å². The molecule has 0 radical (unpaired) electrons. The van der Waals surface area contributed by atoms with Crippen molar-refractivity contribution >= 4 is 5.96 Å². The summed E-state index contributed by atoms with van der Waals surface area (Å²) in [4.78, 5) is 13.4. The summed E-state index contributed by atoms with van der Waals surface area (Å²) in [5.74, 6) is 2.52. The van der Waals surface area contributed by atoms with Gasteiger partial charge in [0.1, 0.15) is 11.6 Å². The number of aliphatic imine (C=N–C) groups is 1. The Bertz CT molecular complexity index is 765. The predicted octanol–water partition coefficient (Wildman–Crippen LogP) is 1.42. The van der Waals surface area contributed by atoms with E-state index in [0.717, 1.165) is 55.7 Å². The second-order valence-corrected chi connectivity index (χ2v) is 7.19. The first-order valence-corrected chi connectivity index (χ1v) is 9.82. The number of guanidine groups is 1. The molecule has 3 heterocycles. The SMILES string of the molecule is CCNC(=NCc1ccc(-n2ccnc2C)nc1)NCC1(CCO)CCOC1. The van der Waals surface area contributed by atoms with Crippen LogP contribution in [0.4, 0.5) is 0 Å². The highest BCUT2D eigenvalue weighted by molar-refractivity contribution is 5.79. The zero-order valence-electron chi connectivity index (χ0n) is 16.7. The Labute approximate surface area is 166 Å². The molecule has 0 aromatic carbocycles. The summed E-state index contributed by atoms with van der Waals surface area (Å²) >= 11 is 0. The van der Waals surface area contributed by atoms with Gasteiger partial charge in [-0.1, -0.05) is 6.07 Å². The van der Waals surface area contributed by atoms with Gasteiger partial charge in [0, 0.05) is 50.3 Å². The van der Waals surface area contributed by atoms with Gasteiger partial charge < -0.3 is 20.5 Å². The van der Waals surface area contributed by atoms with Crippen molar-refractivity contribution in [3.63, 3.8) is 0 Å². The molecule has 0 amide bonds. The maximum absolute atomic E-state index is 9.38. The summed E-state index contributed by atoms with van der Waals surface area (Å²) in [6.07, 6.45) is 7.21. The van der Waals surface area contributed by atoms with Crippen molar-refractivity contribution in [1.29, 1.82) is 0 Å². The summed E-state index contributed by atoms with van der Waals surface area (Å²) in [5, 5.41) is 16.1. The Morgan fingerprint density at radius 2 is 2.25 bits per heavy atom. The van der Waals surface area contributed by atoms with Crippen LogP contribution >= 0.6 is 0 Å². The van der Waals surface area contributed by atoms with Crippen LogP contribution in [0.5, 0.6) is 0 Å². The molecule has 1 aliphatic heterocycles. The van der Waals surface area contributed by atoms with Gasteiger partial charge in [0.2, 0.25) is 0 Å². The fraction of sp³-hybridized carbons (Fsp3) is 0.550. The van der Waals surface area contributed by atoms with Crippen LogP contribution < -0.4 is 10.6 Å². The van der Waals surface area contributed by atoms with E-state index >= 15 is 0 Å². The summed E-state index contributed by atoms with van der Waals surface area (Å²) in [7, 11) is 0. The summed E-state index contributed by atoms with van der Waals surface area (Å²) in [6.45, 7) is 7.66. The zero-order valence-corrected chi connectivity index (χ0v) is 16.7. The highest BCUT2D eigenvalue weighted by Gasteiger charge is 2.34. The van der Waals surface area contributed by atoms with Crippen molar-refractivity contribution in [2.24, 2.45) is 10.4 Å². The monoisotopic (exact) mass is 386 g/mol. The molecule has 152 valence electrons. The number of nitrogens with one attached hydrogen (secondary N) is 2. The third kappa shape index (κ3) is 5.08. The predicted molar refractivity (Wildman–Crippen MR) is 108 cm³/mol. The van der Waals surface area contributed by atoms with Crippen molar-refractivity contribution in [3.8, 4) is 5.82 Å². The number of aliphatic hydroxyl groups is 1. The van der Waals surface area contributed by atoms with Crippen LogP contribution in [-0.2, 0) is 11.3 Å².